The van der Waals surface area contributed by atoms with Crippen LogP contribution in [-0.4, -0.2) is 18.0 Å². The standard InChI is InChI=1S/C10H7F3N2O2/c11-10(12,13)9(17)14-6-1-2-7-5(3-6)4-8(16)15-7/h1-3H,4H2,(H,14,17)(H,15,16). The number of carbonyl (C=O) groups excluding carboxylic acids is 2. The van der Waals surface area contributed by atoms with Gasteiger partial charge in [-0.15, -0.1) is 0 Å². The van der Waals surface area contributed by atoms with Crippen LogP contribution < -0.4 is 10.6 Å². The first kappa shape index (κ1) is 11.4. The van der Waals surface area contributed by atoms with E-state index in [1.165, 1.54) is 18.2 Å². The van der Waals surface area contributed by atoms with E-state index in [9.17, 15) is 22.8 Å². The van der Waals surface area contributed by atoms with Gasteiger partial charge in [0, 0.05) is 11.4 Å². The fourth-order valence-electron chi connectivity index (χ4n) is 1.51. The third-order valence-electron chi connectivity index (χ3n) is 2.25. The molecule has 0 atom stereocenters. The number of fused-ring (bicyclic) bond motifs is 1. The van der Waals surface area contributed by atoms with Gasteiger partial charge in [-0.3, -0.25) is 9.59 Å². The molecule has 0 bridgehead atoms. The molecule has 17 heavy (non-hydrogen) atoms. The van der Waals surface area contributed by atoms with Crippen molar-refractivity contribution in [3.05, 3.63) is 23.8 Å². The Morgan fingerprint density at radius 1 is 1.35 bits per heavy atom. The third kappa shape index (κ3) is 2.38. The van der Waals surface area contributed by atoms with Gasteiger partial charge < -0.3 is 10.6 Å². The molecule has 0 saturated carbocycles. The van der Waals surface area contributed by atoms with E-state index in [0.29, 0.717) is 11.3 Å². The van der Waals surface area contributed by atoms with Crippen molar-refractivity contribution < 1.29 is 22.8 Å². The second kappa shape index (κ2) is 3.76. The van der Waals surface area contributed by atoms with E-state index in [1.54, 1.807) is 5.32 Å². The number of carbonyl (C=O) groups is 2. The summed E-state index contributed by atoms with van der Waals surface area (Å²) < 4.78 is 36.0. The monoisotopic (exact) mass is 244 g/mol. The Balaban J connectivity index is 2.17. The number of halogens is 3. The van der Waals surface area contributed by atoms with Crippen LogP contribution >= 0.6 is 0 Å². The number of alkyl halides is 3. The van der Waals surface area contributed by atoms with E-state index in [1.807, 2.05) is 0 Å². The Hall–Kier alpha value is -2.05. The third-order valence-corrected chi connectivity index (χ3v) is 2.25. The lowest BCUT2D eigenvalue weighted by Crippen LogP contribution is -2.29. The number of anilines is 2. The molecule has 1 aliphatic heterocycles. The Morgan fingerprint density at radius 2 is 2.06 bits per heavy atom. The summed E-state index contributed by atoms with van der Waals surface area (Å²) in [5, 5.41) is 4.26. The van der Waals surface area contributed by atoms with Crippen molar-refractivity contribution in [3.63, 3.8) is 0 Å². The van der Waals surface area contributed by atoms with Gasteiger partial charge in [-0.1, -0.05) is 0 Å². The molecule has 2 N–H and O–H groups in total. The van der Waals surface area contributed by atoms with Gasteiger partial charge in [0.2, 0.25) is 5.91 Å². The van der Waals surface area contributed by atoms with Crippen LogP contribution in [0.5, 0.6) is 0 Å². The molecule has 0 fully saturated rings. The van der Waals surface area contributed by atoms with E-state index >= 15 is 0 Å². The van der Waals surface area contributed by atoms with Gasteiger partial charge >= 0.3 is 12.1 Å². The SMILES string of the molecule is O=C1Cc2cc(NC(=O)C(F)(F)F)ccc2N1. The van der Waals surface area contributed by atoms with Crippen LogP contribution in [0.3, 0.4) is 0 Å². The molecule has 1 heterocycles. The molecular formula is C10H7F3N2O2. The van der Waals surface area contributed by atoms with Crippen molar-refractivity contribution in [2.75, 3.05) is 10.6 Å². The van der Waals surface area contributed by atoms with Crippen molar-refractivity contribution in [2.45, 2.75) is 12.6 Å². The average Bonchev–Trinajstić information content (AvgIpc) is 2.55. The Labute approximate surface area is 93.8 Å². The molecule has 0 spiro atoms. The zero-order chi connectivity index (χ0) is 12.6. The average molecular weight is 244 g/mol. The van der Waals surface area contributed by atoms with Crippen LogP contribution in [0.2, 0.25) is 0 Å². The highest BCUT2D eigenvalue weighted by Crippen LogP contribution is 2.27. The maximum atomic E-state index is 12.0. The first-order valence-corrected chi connectivity index (χ1v) is 4.67. The molecule has 4 nitrogen and oxygen atoms in total. The van der Waals surface area contributed by atoms with Gasteiger partial charge in [-0.05, 0) is 23.8 Å². The minimum atomic E-state index is -4.92. The second-order valence-corrected chi connectivity index (χ2v) is 3.55. The molecule has 0 aliphatic carbocycles. The molecule has 0 aromatic heterocycles. The van der Waals surface area contributed by atoms with Crippen LogP contribution in [0.4, 0.5) is 24.5 Å². The van der Waals surface area contributed by atoms with E-state index in [2.05, 4.69) is 5.32 Å². The normalized spacial score (nSPS) is 14.2. The zero-order valence-electron chi connectivity index (χ0n) is 8.39. The van der Waals surface area contributed by atoms with E-state index < -0.39 is 12.1 Å². The van der Waals surface area contributed by atoms with E-state index in [4.69, 9.17) is 0 Å². The molecule has 0 radical (unpaired) electrons. The molecule has 90 valence electrons. The number of rotatable bonds is 1. The molecule has 1 aromatic rings. The van der Waals surface area contributed by atoms with Crippen molar-refractivity contribution in [3.8, 4) is 0 Å². The highest BCUT2D eigenvalue weighted by atomic mass is 19.4. The smallest absolute Gasteiger partial charge is 0.326 e. The first-order valence-electron chi connectivity index (χ1n) is 4.67. The predicted molar refractivity (Wildman–Crippen MR) is 53.5 cm³/mol. The summed E-state index contributed by atoms with van der Waals surface area (Å²) in [4.78, 5) is 21.7. The van der Waals surface area contributed by atoms with Gasteiger partial charge in [0.15, 0.2) is 0 Å². The van der Waals surface area contributed by atoms with Gasteiger partial charge in [-0.25, -0.2) is 0 Å². The molecule has 7 heteroatoms. The molecule has 1 aliphatic rings. The Morgan fingerprint density at radius 3 is 2.71 bits per heavy atom. The first-order chi connectivity index (χ1) is 7.86. The minimum absolute atomic E-state index is 0.0163. The summed E-state index contributed by atoms with van der Waals surface area (Å²) in [7, 11) is 0. The Kier molecular flexibility index (Phi) is 2.53. The quantitative estimate of drug-likeness (QED) is 0.789. The van der Waals surface area contributed by atoms with Crippen LogP contribution in [0.1, 0.15) is 5.56 Å². The lowest BCUT2D eigenvalue weighted by Gasteiger charge is -2.08. The largest absolute Gasteiger partial charge is 0.471 e. The molecule has 2 rings (SSSR count). The van der Waals surface area contributed by atoms with Gasteiger partial charge in [0.25, 0.3) is 0 Å². The van der Waals surface area contributed by atoms with Crippen LogP contribution in [0.25, 0.3) is 0 Å². The van der Waals surface area contributed by atoms with Crippen molar-refractivity contribution in [2.24, 2.45) is 0 Å². The highest BCUT2D eigenvalue weighted by Gasteiger charge is 2.38. The second-order valence-electron chi connectivity index (χ2n) is 3.55. The number of nitrogens with one attached hydrogen (secondary N) is 2. The number of benzene rings is 1. The molecule has 0 unspecified atom stereocenters. The maximum absolute atomic E-state index is 12.0. The van der Waals surface area contributed by atoms with Crippen LogP contribution in [0.15, 0.2) is 18.2 Å². The summed E-state index contributed by atoms with van der Waals surface area (Å²) in [5.74, 6) is -2.26. The number of hydrogen-bond acceptors (Lipinski definition) is 2. The fraction of sp³-hybridized carbons (Fsp3) is 0.200. The maximum Gasteiger partial charge on any atom is 0.471 e. The fourth-order valence-corrected chi connectivity index (χ4v) is 1.51. The summed E-state index contributed by atoms with van der Waals surface area (Å²) in [6.07, 6.45) is -4.82. The lowest BCUT2D eigenvalue weighted by atomic mass is 10.1. The highest BCUT2D eigenvalue weighted by molar-refractivity contribution is 6.00. The van der Waals surface area contributed by atoms with Crippen molar-refractivity contribution in [1.82, 2.24) is 0 Å². The van der Waals surface area contributed by atoms with Crippen LogP contribution in [-0.2, 0) is 16.0 Å². The van der Waals surface area contributed by atoms with Gasteiger partial charge in [0.1, 0.15) is 0 Å². The zero-order valence-corrected chi connectivity index (χ0v) is 8.39. The van der Waals surface area contributed by atoms with Crippen molar-refractivity contribution >= 4 is 23.2 Å². The summed E-state index contributed by atoms with van der Waals surface area (Å²) >= 11 is 0. The molecule has 1 aromatic carbocycles. The Bertz CT molecular complexity index is 497. The predicted octanol–water partition coefficient (Wildman–Crippen LogP) is 1.68. The lowest BCUT2D eigenvalue weighted by molar-refractivity contribution is -0.167. The van der Waals surface area contributed by atoms with E-state index in [0.717, 1.165) is 0 Å². The van der Waals surface area contributed by atoms with Crippen LogP contribution in [0, 0.1) is 0 Å². The summed E-state index contributed by atoms with van der Waals surface area (Å²) in [5.41, 5.74) is 1.14. The van der Waals surface area contributed by atoms with E-state index in [-0.39, 0.29) is 18.0 Å². The minimum Gasteiger partial charge on any atom is -0.326 e. The topological polar surface area (TPSA) is 58.2 Å². The number of hydrogen-bond donors (Lipinski definition) is 2. The molecule has 2 amide bonds. The van der Waals surface area contributed by atoms with Crippen molar-refractivity contribution in [1.29, 1.82) is 0 Å². The summed E-state index contributed by atoms with van der Waals surface area (Å²) in [6.45, 7) is 0. The molecular weight excluding hydrogens is 237 g/mol. The summed E-state index contributed by atoms with van der Waals surface area (Å²) in [6, 6.07) is 4.09. The van der Waals surface area contributed by atoms with Gasteiger partial charge in [0.05, 0.1) is 6.42 Å². The number of amides is 2. The molecule has 0 saturated heterocycles. The van der Waals surface area contributed by atoms with Gasteiger partial charge in [-0.2, -0.15) is 13.2 Å².